The molecular formula is C41H44O9P2. The molecule has 0 spiro atoms. The fourth-order valence-corrected chi connectivity index (χ4v) is 7.13. The normalized spacial score (nSPS) is 12.4. The number of phosphoric acid groups is 1. The SMILES string of the molecule is C=C(C)c1ccc(C)cc1-c1c(OCOP(=O)(Oc2ccccc2)Oc2ccccc2)cc(CCCCC)cc1OOP(C)(=O)Oc1ccccc1. The van der Waals surface area contributed by atoms with E-state index < -0.39 is 22.2 Å². The van der Waals surface area contributed by atoms with Crippen molar-refractivity contribution in [1.29, 1.82) is 0 Å². The molecule has 1 atom stereocenters. The van der Waals surface area contributed by atoms with Crippen LogP contribution in [0, 0.1) is 6.92 Å². The van der Waals surface area contributed by atoms with Crippen LogP contribution in [0.1, 0.15) is 49.8 Å². The Balaban J connectivity index is 1.53. The van der Waals surface area contributed by atoms with E-state index >= 15 is 0 Å². The van der Waals surface area contributed by atoms with Crippen molar-refractivity contribution in [1.82, 2.24) is 0 Å². The van der Waals surface area contributed by atoms with Gasteiger partial charge in [-0.15, -0.1) is 0 Å². The molecule has 0 radical (unpaired) electrons. The van der Waals surface area contributed by atoms with E-state index in [2.05, 4.69) is 13.5 Å². The lowest BCUT2D eigenvalue weighted by Crippen LogP contribution is -2.11. The molecule has 0 aromatic heterocycles. The van der Waals surface area contributed by atoms with Crippen molar-refractivity contribution in [3.63, 3.8) is 0 Å². The van der Waals surface area contributed by atoms with Crippen molar-refractivity contribution in [2.24, 2.45) is 0 Å². The summed E-state index contributed by atoms with van der Waals surface area (Å²) >= 11 is 0. The maximum atomic E-state index is 14.1. The van der Waals surface area contributed by atoms with Gasteiger partial charge in [0.15, 0.2) is 5.75 Å². The van der Waals surface area contributed by atoms with Crippen LogP contribution in [0.4, 0.5) is 0 Å². The third-order valence-corrected chi connectivity index (χ3v) is 9.90. The standard InChI is InChI=1S/C41H44O9P2/c1-6-7-11-18-33-28-39(44-30-45-52(43,48-35-21-14-9-15-22-35)49-36-23-16-10-17-24-36)41(38-27-32(4)25-26-37(38)31(2)3)40(29-33)46-50-51(5,42)47-34-19-12-8-13-20-34/h8-10,12-17,19-29H,2,6-7,11,18,30H2,1,3-5H3. The molecule has 0 N–H and O–H groups in total. The van der Waals surface area contributed by atoms with Crippen LogP contribution in [0.15, 0.2) is 128 Å². The third-order valence-electron chi connectivity index (χ3n) is 7.72. The molecule has 0 aliphatic rings. The molecule has 0 saturated heterocycles. The quantitative estimate of drug-likeness (QED) is 0.0269. The van der Waals surface area contributed by atoms with Crippen LogP contribution in [0.3, 0.4) is 0 Å². The first-order valence-corrected chi connectivity index (χ1v) is 20.5. The van der Waals surface area contributed by atoms with Gasteiger partial charge in [-0.1, -0.05) is 115 Å². The Kier molecular flexibility index (Phi) is 13.4. The van der Waals surface area contributed by atoms with E-state index in [1.165, 1.54) is 6.66 Å². The van der Waals surface area contributed by atoms with E-state index in [-0.39, 0.29) is 5.75 Å². The molecule has 11 heteroatoms. The van der Waals surface area contributed by atoms with Crippen molar-refractivity contribution in [2.45, 2.75) is 46.5 Å². The lowest BCUT2D eigenvalue weighted by Gasteiger charge is -2.22. The van der Waals surface area contributed by atoms with Crippen molar-refractivity contribution in [3.8, 4) is 39.9 Å². The summed E-state index contributed by atoms with van der Waals surface area (Å²) in [6.07, 6.45) is 3.64. The van der Waals surface area contributed by atoms with Crippen molar-refractivity contribution < 1.29 is 41.5 Å². The molecular weight excluding hydrogens is 698 g/mol. The van der Waals surface area contributed by atoms with Crippen LogP contribution in [0.2, 0.25) is 0 Å². The maximum absolute atomic E-state index is 14.1. The molecule has 0 heterocycles. The number of allylic oxidation sites excluding steroid dienone is 1. The number of ether oxygens (including phenoxy) is 1. The summed E-state index contributed by atoms with van der Waals surface area (Å²) in [5.41, 5.74) is 4.65. The third kappa shape index (κ3) is 11.1. The highest BCUT2D eigenvalue weighted by molar-refractivity contribution is 7.53. The largest absolute Gasteiger partial charge is 0.590 e. The molecule has 5 aromatic carbocycles. The first-order valence-electron chi connectivity index (χ1n) is 17.0. The summed E-state index contributed by atoms with van der Waals surface area (Å²) in [5.74, 6) is 1.53. The second kappa shape index (κ2) is 18.1. The van der Waals surface area contributed by atoms with Gasteiger partial charge in [-0.25, -0.2) is 13.7 Å². The molecule has 5 aromatic rings. The van der Waals surface area contributed by atoms with Gasteiger partial charge < -0.3 is 23.2 Å². The van der Waals surface area contributed by atoms with E-state index in [0.29, 0.717) is 35.0 Å². The second-order valence-electron chi connectivity index (χ2n) is 12.2. The average molecular weight is 743 g/mol. The minimum Gasteiger partial charge on any atom is -0.466 e. The minimum absolute atomic E-state index is 0.236. The van der Waals surface area contributed by atoms with Gasteiger partial charge in [-0.05, 0) is 91.9 Å². The van der Waals surface area contributed by atoms with Crippen LogP contribution in [-0.2, 0) is 24.7 Å². The van der Waals surface area contributed by atoms with Gasteiger partial charge in [0.2, 0.25) is 6.79 Å². The van der Waals surface area contributed by atoms with Crippen LogP contribution in [0.25, 0.3) is 16.7 Å². The highest BCUT2D eigenvalue weighted by atomic mass is 31.2. The van der Waals surface area contributed by atoms with Crippen molar-refractivity contribution in [2.75, 3.05) is 13.5 Å². The Morgan fingerprint density at radius 3 is 1.83 bits per heavy atom. The molecule has 0 amide bonds. The molecule has 0 aliphatic heterocycles. The zero-order chi connectivity index (χ0) is 37.0. The Morgan fingerprint density at radius 2 is 1.27 bits per heavy atom. The molecule has 52 heavy (non-hydrogen) atoms. The monoisotopic (exact) mass is 742 g/mol. The summed E-state index contributed by atoms with van der Waals surface area (Å²) < 4.78 is 62.6. The van der Waals surface area contributed by atoms with Crippen molar-refractivity contribution in [3.05, 3.63) is 145 Å². The second-order valence-corrected chi connectivity index (χ2v) is 15.6. The number of unbranched alkanes of at least 4 members (excludes halogenated alkanes) is 2. The molecule has 0 aliphatic carbocycles. The molecule has 1 unspecified atom stereocenters. The molecule has 0 bridgehead atoms. The fourth-order valence-electron chi connectivity index (χ4n) is 5.29. The average Bonchev–Trinajstić information content (AvgIpc) is 3.12. The lowest BCUT2D eigenvalue weighted by atomic mass is 9.91. The predicted molar refractivity (Wildman–Crippen MR) is 205 cm³/mol. The zero-order valence-corrected chi connectivity index (χ0v) is 31.6. The lowest BCUT2D eigenvalue weighted by molar-refractivity contribution is -0.106. The first-order chi connectivity index (χ1) is 25.0. The van der Waals surface area contributed by atoms with Gasteiger partial charge in [-0.3, -0.25) is 0 Å². The Morgan fingerprint density at radius 1 is 0.712 bits per heavy atom. The predicted octanol–water partition coefficient (Wildman–Crippen LogP) is 12.3. The van der Waals surface area contributed by atoms with Crippen LogP contribution < -0.4 is 23.2 Å². The van der Waals surface area contributed by atoms with Gasteiger partial charge in [0, 0.05) is 0 Å². The molecule has 0 fully saturated rings. The molecule has 272 valence electrons. The van der Waals surface area contributed by atoms with E-state index in [0.717, 1.165) is 47.1 Å². The zero-order valence-electron chi connectivity index (χ0n) is 29.9. The minimum atomic E-state index is -4.28. The van der Waals surface area contributed by atoms with Gasteiger partial charge >= 0.3 is 15.4 Å². The highest BCUT2D eigenvalue weighted by Crippen LogP contribution is 2.51. The van der Waals surface area contributed by atoms with Crippen LogP contribution in [-0.4, -0.2) is 13.5 Å². The summed E-state index contributed by atoms with van der Waals surface area (Å²) in [7, 11) is -8.06. The van der Waals surface area contributed by atoms with Crippen molar-refractivity contribution >= 4 is 21.0 Å². The Hall–Kier alpha value is -4.78. The fraction of sp³-hybridized carbons (Fsp3) is 0.220. The maximum Gasteiger partial charge on any atom is 0.590 e. The number of hydrogen-bond acceptors (Lipinski definition) is 9. The van der Waals surface area contributed by atoms with E-state index in [4.69, 9.17) is 32.4 Å². The number of hydrogen-bond donors (Lipinski definition) is 0. The Labute approximate surface area is 306 Å². The summed E-state index contributed by atoms with van der Waals surface area (Å²) in [6, 6.07) is 35.6. The number of aryl methyl sites for hydroxylation is 2. The molecule has 9 nitrogen and oxygen atoms in total. The van der Waals surface area contributed by atoms with E-state index in [9.17, 15) is 9.13 Å². The van der Waals surface area contributed by atoms with Gasteiger partial charge in [0.25, 0.3) is 0 Å². The number of benzene rings is 5. The smallest absolute Gasteiger partial charge is 0.466 e. The number of para-hydroxylation sites is 3. The summed E-state index contributed by atoms with van der Waals surface area (Å²) in [5, 5.41) is 0. The van der Waals surface area contributed by atoms with Gasteiger partial charge in [0.05, 0.1) is 12.2 Å². The van der Waals surface area contributed by atoms with Gasteiger partial charge in [0.1, 0.15) is 23.0 Å². The summed E-state index contributed by atoms with van der Waals surface area (Å²) in [4.78, 5) is 5.95. The molecule has 5 rings (SSSR count). The van der Waals surface area contributed by atoms with Crippen LogP contribution in [0.5, 0.6) is 28.7 Å². The Bertz CT molecular complexity index is 1970. The van der Waals surface area contributed by atoms with E-state index in [1.807, 2.05) is 62.4 Å². The molecule has 0 saturated carbocycles. The topological polar surface area (TPSA) is 98.8 Å². The van der Waals surface area contributed by atoms with Gasteiger partial charge in [-0.2, -0.15) is 0 Å². The number of rotatable bonds is 19. The summed E-state index contributed by atoms with van der Waals surface area (Å²) in [6.45, 7) is 11.0. The number of phosphoric ester groups is 1. The highest BCUT2D eigenvalue weighted by Gasteiger charge is 2.32. The van der Waals surface area contributed by atoms with Crippen LogP contribution >= 0.6 is 15.4 Å². The first kappa shape index (κ1) is 38.5. The van der Waals surface area contributed by atoms with E-state index in [1.54, 1.807) is 72.8 Å².